The molecule has 0 aliphatic rings. The highest BCUT2D eigenvalue weighted by Gasteiger charge is 2.42. The van der Waals surface area contributed by atoms with Gasteiger partial charge >= 0.3 is 0 Å². The van der Waals surface area contributed by atoms with Crippen LogP contribution < -0.4 is 63.7 Å². The van der Waals surface area contributed by atoms with Gasteiger partial charge in [0, 0.05) is 63.7 Å². The van der Waals surface area contributed by atoms with Gasteiger partial charge in [0.05, 0.1) is 0 Å². The van der Waals surface area contributed by atoms with Crippen molar-refractivity contribution in [1.29, 1.82) is 0 Å². The van der Waals surface area contributed by atoms with Crippen LogP contribution in [0.2, 0.25) is 0 Å². The van der Waals surface area contributed by atoms with E-state index in [0.29, 0.717) is 96.0 Å². The van der Waals surface area contributed by atoms with E-state index in [2.05, 4.69) is 146 Å². The lowest BCUT2D eigenvalue weighted by atomic mass is 10.1. The summed E-state index contributed by atoms with van der Waals surface area (Å²) in [6, 6.07) is 122. The van der Waals surface area contributed by atoms with Crippen LogP contribution in [-0.2, 0) is 18.3 Å². The maximum atomic E-state index is 19.0. The summed E-state index contributed by atoms with van der Waals surface area (Å²) in [5.74, 6) is 0. The Labute approximate surface area is 567 Å². The third kappa shape index (κ3) is 9.43. The molecule has 98 heavy (non-hydrogen) atoms. The van der Waals surface area contributed by atoms with Gasteiger partial charge in [0.25, 0.3) is 0 Å². The second-order valence-electron chi connectivity index (χ2n) is 25.6. The first-order valence-electron chi connectivity index (χ1n) is 33.0. The molecule has 0 N–H and O–H groups in total. The van der Waals surface area contributed by atoms with Crippen molar-refractivity contribution < 1.29 is 18.3 Å². The van der Waals surface area contributed by atoms with Gasteiger partial charge in [0.15, 0.2) is 28.6 Å². The lowest BCUT2D eigenvalue weighted by molar-refractivity contribution is 0.591. The third-order valence-corrected chi connectivity index (χ3v) is 32.7. The van der Waals surface area contributed by atoms with E-state index in [1.54, 1.807) is 0 Å². The predicted octanol–water partition coefficient (Wildman–Crippen LogP) is 18.6. The van der Waals surface area contributed by atoms with Gasteiger partial charge in [-0.1, -0.05) is 291 Å². The third-order valence-electron chi connectivity index (χ3n) is 20.2. The number of rotatable bonds is 12. The second kappa shape index (κ2) is 23.5. The van der Waals surface area contributed by atoms with Gasteiger partial charge < -0.3 is 18.3 Å². The van der Waals surface area contributed by atoms with Crippen LogP contribution in [0.3, 0.4) is 0 Å². The molecule has 464 valence electrons. The molecule has 0 saturated heterocycles. The van der Waals surface area contributed by atoms with Gasteiger partial charge in [-0.05, 0) is 170 Å². The molecule has 0 atom stereocenters. The van der Waals surface area contributed by atoms with Crippen molar-refractivity contribution in [1.82, 2.24) is 0 Å². The molecule has 18 aromatic rings. The van der Waals surface area contributed by atoms with E-state index in [1.165, 1.54) is 0 Å². The Morgan fingerprint density at radius 2 is 0.276 bits per heavy atom. The number of hydrogen-bond donors (Lipinski definition) is 0. The first-order valence-corrected chi connectivity index (χ1v) is 39.8. The molecule has 0 aliphatic carbocycles. The molecule has 0 unspecified atom stereocenters. The normalized spacial score (nSPS) is 12.4. The molecule has 0 radical (unpaired) electrons. The van der Waals surface area contributed by atoms with Crippen molar-refractivity contribution in [2.24, 2.45) is 0 Å². The summed E-state index contributed by atoms with van der Waals surface area (Å²) in [5, 5.41) is 23.7. The largest absolute Gasteiger partial charge is 0.309 e. The highest BCUT2D eigenvalue weighted by atomic mass is 31.2. The molecule has 8 heteroatoms. The van der Waals surface area contributed by atoms with Crippen molar-refractivity contribution in [3.63, 3.8) is 0 Å². The fourth-order valence-electron chi connectivity index (χ4n) is 15.4. The average molecular weight is 1330 g/mol. The van der Waals surface area contributed by atoms with Crippen molar-refractivity contribution in [2.45, 2.75) is 0 Å². The van der Waals surface area contributed by atoms with E-state index in [9.17, 15) is 0 Å². The second-order valence-corrected chi connectivity index (χ2v) is 36.4. The van der Waals surface area contributed by atoms with Crippen LogP contribution in [-0.4, -0.2) is 0 Å². The van der Waals surface area contributed by atoms with Crippen LogP contribution in [0, 0.1) is 0 Å². The van der Waals surface area contributed by atoms with Crippen LogP contribution in [0.25, 0.3) is 97.0 Å². The molecule has 4 nitrogen and oxygen atoms in total. The summed E-state index contributed by atoms with van der Waals surface area (Å²) < 4.78 is 71.4. The Balaban J connectivity index is 0.932. The molecule has 0 amide bonds. The first kappa shape index (κ1) is 59.7. The highest BCUT2D eigenvalue weighted by molar-refractivity contribution is 7.88. The minimum Gasteiger partial charge on any atom is -0.309 e. The quantitative estimate of drug-likeness (QED) is 0.114. The van der Waals surface area contributed by atoms with E-state index in [0.717, 1.165) is 64.6 Å². The van der Waals surface area contributed by atoms with E-state index >= 15 is 18.3 Å². The molecule has 0 spiro atoms. The zero-order chi connectivity index (χ0) is 65.7. The van der Waals surface area contributed by atoms with E-state index in [-0.39, 0.29) is 0 Å². The van der Waals surface area contributed by atoms with Crippen LogP contribution in [0.4, 0.5) is 0 Å². The Hall–Kier alpha value is -10.8. The maximum Gasteiger partial charge on any atom is 0.172 e. The summed E-state index contributed by atoms with van der Waals surface area (Å²) in [4.78, 5) is 0. The highest BCUT2D eigenvalue weighted by Crippen LogP contribution is 2.54. The SMILES string of the molecule is O=P(c1ccc2ccccc2c1)(c1ccc2ccccc2c1)c1ccc(P(=O)(c2ccc(P(=O)(c3ccc4ccccc4c3)c3ccc4ccccc4c3)c3ccccc23)c2ccc(P(=O)(c3ccc4ccccc4c3)c3ccc4ccccc4c3)c3ccccc23)c2ccccc12. The zero-order valence-corrected chi connectivity index (χ0v) is 56.6. The maximum absolute atomic E-state index is 19.0. The molecule has 0 saturated carbocycles. The predicted molar refractivity (Wildman–Crippen MR) is 422 cm³/mol. The lowest BCUT2D eigenvalue weighted by Crippen LogP contribution is -2.33. The average Bonchev–Trinajstić information content (AvgIpc) is 0.703. The standard InChI is InChI=1S/C90H60O4P4/c91-95(73-43-37-61-19-1-7-25-67(61)55-73,74-44-38-62-20-2-8-26-68(62)56-74)85-49-52-88(82-34-16-13-31-79(82)85)98(94,89-53-50-86(80-32-14-17-35-83(80)89)96(92,75-45-39-63-21-3-9-27-69(63)57-75)76-46-40-64-22-4-10-28-70(64)58-76)90-54-51-87(81-33-15-18-36-84(81)90)97(93,77-47-41-65-23-5-11-29-71(65)59-77)78-48-42-66-24-6-12-30-72(66)60-78/h1-60H. The summed E-state index contributed by atoms with van der Waals surface area (Å²) in [7, 11) is -15.7. The monoisotopic (exact) mass is 1330 g/mol. The Morgan fingerprint density at radius 3 is 0.449 bits per heavy atom. The molecule has 18 aromatic carbocycles. The van der Waals surface area contributed by atoms with Crippen LogP contribution in [0.1, 0.15) is 0 Å². The fourth-order valence-corrected chi connectivity index (χ4v) is 27.2. The van der Waals surface area contributed by atoms with Crippen molar-refractivity contribution in [2.75, 3.05) is 0 Å². The zero-order valence-electron chi connectivity index (χ0n) is 53.1. The molecule has 0 heterocycles. The summed E-state index contributed by atoms with van der Waals surface area (Å²) in [5.41, 5.74) is 0. The first-order chi connectivity index (χ1) is 48.1. The van der Waals surface area contributed by atoms with Gasteiger partial charge in [0.2, 0.25) is 0 Å². The Bertz CT molecular complexity index is 5690. The minimum absolute atomic E-state index is 0.538. The van der Waals surface area contributed by atoms with Crippen molar-refractivity contribution >= 4 is 189 Å². The van der Waals surface area contributed by atoms with Crippen LogP contribution >= 0.6 is 28.6 Å². The molecular formula is C90H60O4P4. The van der Waals surface area contributed by atoms with E-state index < -0.39 is 28.6 Å². The number of hydrogen-bond acceptors (Lipinski definition) is 4. The van der Waals surface area contributed by atoms with E-state index in [1.807, 2.05) is 218 Å². The van der Waals surface area contributed by atoms with Gasteiger partial charge in [-0.15, -0.1) is 0 Å². The smallest absolute Gasteiger partial charge is 0.172 e. The number of benzene rings is 18. The summed E-state index contributed by atoms with van der Waals surface area (Å²) >= 11 is 0. The topological polar surface area (TPSA) is 68.3 Å². The van der Waals surface area contributed by atoms with Crippen LogP contribution in [0.15, 0.2) is 364 Å². The van der Waals surface area contributed by atoms with Gasteiger partial charge in [-0.25, -0.2) is 0 Å². The minimum atomic E-state index is -4.33. The van der Waals surface area contributed by atoms with Crippen molar-refractivity contribution in [3.8, 4) is 0 Å². The lowest BCUT2D eigenvalue weighted by Gasteiger charge is -2.29. The molecule has 0 aliphatic heterocycles. The molecule has 18 rings (SSSR count). The van der Waals surface area contributed by atoms with E-state index in [4.69, 9.17) is 0 Å². The molecule has 0 bridgehead atoms. The van der Waals surface area contributed by atoms with Crippen molar-refractivity contribution in [3.05, 3.63) is 364 Å². The Kier molecular flexibility index (Phi) is 14.3. The molecule has 0 aromatic heterocycles. The number of fused-ring (bicyclic) bond motifs is 9. The molecule has 0 fully saturated rings. The van der Waals surface area contributed by atoms with Gasteiger partial charge in [-0.3, -0.25) is 0 Å². The van der Waals surface area contributed by atoms with Crippen LogP contribution in [0.5, 0.6) is 0 Å². The summed E-state index contributed by atoms with van der Waals surface area (Å²) in [6.45, 7) is 0. The molecular weight excluding hydrogens is 1270 g/mol. The van der Waals surface area contributed by atoms with Gasteiger partial charge in [-0.2, -0.15) is 0 Å². The Morgan fingerprint density at radius 1 is 0.133 bits per heavy atom. The fraction of sp³-hybridized carbons (Fsp3) is 0. The summed E-state index contributed by atoms with van der Waals surface area (Å²) in [6.07, 6.45) is 0. The van der Waals surface area contributed by atoms with Gasteiger partial charge in [0.1, 0.15) is 0 Å².